The molecule has 35 heavy (non-hydrogen) atoms. The van der Waals surface area contributed by atoms with Gasteiger partial charge in [0.1, 0.15) is 6.04 Å². The molecule has 0 bridgehead atoms. The van der Waals surface area contributed by atoms with Gasteiger partial charge in [0.15, 0.2) is 0 Å². The van der Waals surface area contributed by atoms with Crippen LogP contribution in [0, 0.1) is 24.0 Å². The molecule has 0 spiro atoms. The first-order valence-electron chi connectivity index (χ1n) is 11.4. The molecule has 1 unspecified atom stereocenters. The van der Waals surface area contributed by atoms with E-state index < -0.39 is 11.0 Å². The highest BCUT2D eigenvalue weighted by Gasteiger charge is 2.29. The molecule has 1 saturated heterocycles. The number of hydrogen-bond acceptors (Lipinski definition) is 8. The number of aryl methyl sites for hydroxylation is 3. The van der Waals surface area contributed by atoms with Crippen molar-refractivity contribution >= 4 is 29.4 Å². The summed E-state index contributed by atoms with van der Waals surface area (Å²) in [5.41, 5.74) is 1.62. The Morgan fingerprint density at radius 3 is 2.43 bits per heavy atom. The highest BCUT2D eigenvalue weighted by atomic mass is 16.6. The molecular formula is C21H30N8O6. The predicted octanol–water partition coefficient (Wildman–Crippen LogP) is 1.50. The van der Waals surface area contributed by atoms with Gasteiger partial charge in [-0.3, -0.25) is 14.3 Å². The van der Waals surface area contributed by atoms with Gasteiger partial charge in [-0.1, -0.05) is 0 Å². The summed E-state index contributed by atoms with van der Waals surface area (Å²) in [5.74, 6) is -0.704. The van der Waals surface area contributed by atoms with E-state index in [4.69, 9.17) is 4.74 Å². The Morgan fingerprint density at radius 1 is 1.17 bits per heavy atom. The standard InChI is InChI=1S/C21H30N8O6/c1-5-35-21(32)26-10-8-25(9-11-26)20(31)16(4)28-13-17(15(3)23-28)22-19(30)6-7-27-14(2)12-18(24-27)29(33)34/h12-13,16H,5-11H2,1-4H3,(H,22,30). The lowest BCUT2D eigenvalue weighted by atomic mass is 10.2. The molecule has 190 valence electrons. The Bertz CT molecular complexity index is 1100. The molecule has 2 aromatic rings. The second kappa shape index (κ2) is 11.0. The molecule has 1 atom stereocenters. The monoisotopic (exact) mass is 490 g/mol. The second-order valence-electron chi connectivity index (χ2n) is 8.22. The van der Waals surface area contributed by atoms with Crippen LogP contribution in [0.2, 0.25) is 0 Å². The molecule has 0 saturated carbocycles. The van der Waals surface area contributed by atoms with E-state index in [1.165, 1.54) is 15.4 Å². The van der Waals surface area contributed by atoms with Gasteiger partial charge in [0, 0.05) is 38.8 Å². The van der Waals surface area contributed by atoms with Crippen LogP contribution in [0.5, 0.6) is 0 Å². The predicted molar refractivity (Wildman–Crippen MR) is 124 cm³/mol. The molecule has 0 aliphatic carbocycles. The van der Waals surface area contributed by atoms with E-state index in [1.54, 1.807) is 43.7 Å². The lowest BCUT2D eigenvalue weighted by molar-refractivity contribution is -0.389. The first kappa shape index (κ1) is 25.6. The van der Waals surface area contributed by atoms with Crippen molar-refractivity contribution in [2.45, 2.75) is 46.7 Å². The fourth-order valence-electron chi connectivity index (χ4n) is 3.73. The largest absolute Gasteiger partial charge is 0.450 e. The molecule has 1 aliphatic rings. The number of piperazine rings is 1. The number of hydrogen-bond donors (Lipinski definition) is 1. The van der Waals surface area contributed by atoms with Crippen molar-refractivity contribution in [2.24, 2.45) is 0 Å². The molecular weight excluding hydrogens is 460 g/mol. The van der Waals surface area contributed by atoms with Crippen molar-refractivity contribution < 1.29 is 24.0 Å². The summed E-state index contributed by atoms with van der Waals surface area (Å²) in [6.07, 6.45) is 1.29. The van der Waals surface area contributed by atoms with Crippen LogP contribution in [-0.2, 0) is 20.9 Å². The smallest absolute Gasteiger partial charge is 0.409 e. The molecule has 1 aliphatic heterocycles. The van der Waals surface area contributed by atoms with Gasteiger partial charge in [0.2, 0.25) is 11.8 Å². The minimum absolute atomic E-state index is 0.0590. The van der Waals surface area contributed by atoms with Gasteiger partial charge >= 0.3 is 11.9 Å². The van der Waals surface area contributed by atoms with Gasteiger partial charge in [0.05, 0.1) is 41.4 Å². The fraction of sp³-hybridized carbons (Fsp3) is 0.571. The molecule has 14 nitrogen and oxygen atoms in total. The average molecular weight is 491 g/mol. The molecule has 0 aromatic carbocycles. The zero-order valence-corrected chi connectivity index (χ0v) is 20.3. The van der Waals surface area contributed by atoms with Crippen molar-refractivity contribution in [3.05, 3.63) is 33.8 Å². The topological polar surface area (TPSA) is 158 Å². The maximum Gasteiger partial charge on any atom is 0.409 e. The second-order valence-corrected chi connectivity index (χ2v) is 8.22. The van der Waals surface area contributed by atoms with E-state index in [2.05, 4.69) is 15.5 Å². The van der Waals surface area contributed by atoms with E-state index >= 15 is 0 Å². The number of ether oxygens (including phenoxy) is 1. The summed E-state index contributed by atoms with van der Waals surface area (Å²) in [4.78, 5) is 50.8. The Labute approximate surface area is 201 Å². The van der Waals surface area contributed by atoms with Crippen LogP contribution >= 0.6 is 0 Å². The summed E-state index contributed by atoms with van der Waals surface area (Å²) >= 11 is 0. The Morgan fingerprint density at radius 2 is 1.83 bits per heavy atom. The Kier molecular flexibility index (Phi) is 8.04. The number of rotatable bonds is 8. The first-order valence-corrected chi connectivity index (χ1v) is 11.4. The number of anilines is 1. The van der Waals surface area contributed by atoms with Crippen molar-refractivity contribution in [3.63, 3.8) is 0 Å². The van der Waals surface area contributed by atoms with Crippen molar-refractivity contribution in [1.82, 2.24) is 29.4 Å². The van der Waals surface area contributed by atoms with E-state index in [0.717, 1.165) is 0 Å². The normalized spacial score (nSPS) is 14.5. The summed E-state index contributed by atoms with van der Waals surface area (Å²) in [6, 6.07) is 0.752. The van der Waals surface area contributed by atoms with E-state index in [0.29, 0.717) is 49.9 Å². The molecule has 0 radical (unpaired) electrons. The minimum atomic E-state index is -0.597. The Hall–Kier alpha value is -3.97. The van der Waals surface area contributed by atoms with Crippen LogP contribution in [0.25, 0.3) is 0 Å². The molecule has 3 heterocycles. The van der Waals surface area contributed by atoms with Gasteiger partial charge in [-0.2, -0.15) is 9.78 Å². The number of carbonyl (C=O) groups excluding carboxylic acids is 3. The van der Waals surface area contributed by atoms with Gasteiger partial charge in [0.25, 0.3) is 0 Å². The number of nitrogens with zero attached hydrogens (tertiary/aromatic N) is 7. The lowest BCUT2D eigenvalue weighted by Crippen LogP contribution is -2.52. The quantitative estimate of drug-likeness (QED) is 0.431. The lowest BCUT2D eigenvalue weighted by Gasteiger charge is -2.35. The number of nitrogens with one attached hydrogen (secondary N) is 1. The zero-order chi connectivity index (χ0) is 25.7. The maximum absolute atomic E-state index is 13.0. The Balaban J connectivity index is 1.54. The SMILES string of the molecule is CCOC(=O)N1CCN(C(=O)C(C)n2cc(NC(=O)CCn3nc([N+](=O)[O-])cc3C)c(C)n2)CC1. The number of aromatic nitrogens is 4. The van der Waals surface area contributed by atoms with Gasteiger partial charge in [-0.05, 0) is 32.6 Å². The van der Waals surface area contributed by atoms with E-state index in [9.17, 15) is 24.5 Å². The van der Waals surface area contributed by atoms with Crippen LogP contribution < -0.4 is 5.32 Å². The molecule has 14 heteroatoms. The number of carbonyl (C=O) groups is 3. The van der Waals surface area contributed by atoms with Gasteiger partial charge in [-0.15, -0.1) is 0 Å². The minimum Gasteiger partial charge on any atom is -0.450 e. The fourth-order valence-corrected chi connectivity index (χ4v) is 3.73. The molecule has 3 rings (SSSR count). The number of nitro groups is 1. The van der Waals surface area contributed by atoms with E-state index in [-0.39, 0.29) is 36.7 Å². The zero-order valence-electron chi connectivity index (χ0n) is 20.3. The maximum atomic E-state index is 13.0. The third kappa shape index (κ3) is 6.13. The summed E-state index contributed by atoms with van der Waals surface area (Å²) in [6.45, 7) is 8.97. The molecule has 2 aromatic heterocycles. The average Bonchev–Trinajstić information content (AvgIpc) is 3.39. The highest BCUT2D eigenvalue weighted by molar-refractivity contribution is 5.91. The van der Waals surface area contributed by atoms with Crippen LogP contribution in [0.15, 0.2) is 12.3 Å². The summed E-state index contributed by atoms with van der Waals surface area (Å²) < 4.78 is 7.92. The summed E-state index contributed by atoms with van der Waals surface area (Å²) in [7, 11) is 0. The molecule has 3 amide bonds. The van der Waals surface area contributed by atoms with Crippen LogP contribution in [0.3, 0.4) is 0 Å². The third-order valence-corrected chi connectivity index (χ3v) is 5.77. The van der Waals surface area contributed by atoms with Crippen LogP contribution in [0.4, 0.5) is 16.3 Å². The molecule has 1 fully saturated rings. The van der Waals surface area contributed by atoms with Crippen molar-refractivity contribution in [1.29, 1.82) is 0 Å². The van der Waals surface area contributed by atoms with Crippen LogP contribution in [-0.4, -0.2) is 85.0 Å². The number of amides is 3. The van der Waals surface area contributed by atoms with Crippen molar-refractivity contribution in [2.75, 3.05) is 38.1 Å². The van der Waals surface area contributed by atoms with E-state index in [1.807, 2.05) is 0 Å². The third-order valence-electron chi connectivity index (χ3n) is 5.77. The highest BCUT2D eigenvalue weighted by Crippen LogP contribution is 2.19. The van der Waals surface area contributed by atoms with Crippen molar-refractivity contribution in [3.8, 4) is 0 Å². The summed E-state index contributed by atoms with van der Waals surface area (Å²) in [5, 5.41) is 21.9. The van der Waals surface area contributed by atoms with Crippen LogP contribution in [0.1, 0.15) is 37.7 Å². The van der Waals surface area contributed by atoms with Gasteiger partial charge < -0.3 is 30.0 Å². The molecule has 1 N–H and O–H groups in total. The van der Waals surface area contributed by atoms with Gasteiger partial charge in [-0.25, -0.2) is 4.79 Å². The first-order chi connectivity index (χ1) is 16.6.